The van der Waals surface area contributed by atoms with E-state index in [4.69, 9.17) is 34.7 Å². The molecule has 110 heavy (non-hydrogen) atoms. The first-order valence-corrected chi connectivity index (χ1v) is 39.9. The number of carbonyl (C=O) groups is 9. The molecule has 3 aliphatic rings. The Balaban J connectivity index is 0.000000782. The molecule has 11 atom stereocenters. The molecule has 1 aromatic carbocycles. The highest BCUT2D eigenvalue weighted by molar-refractivity contribution is 7.10. The number of likely N-dealkylation sites (N-methyl/N-ethyl adjacent to an activating group) is 3. The summed E-state index contributed by atoms with van der Waals surface area (Å²) in [7, 11) is 9.11. The van der Waals surface area contributed by atoms with Gasteiger partial charge in [-0.05, 0) is 134 Å². The number of piperidine rings is 3. The molecule has 2 aromatic heterocycles. The number of carboxylic acids is 1. The van der Waals surface area contributed by atoms with E-state index in [1.165, 1.54) is 41.8 Å². The summed E-state index contributed by atoms with van der Waals surface area (Å²) in [5.41, 5.74) is 9.58. The zero-order valence-corrected chi connectivity index (χ0v) is 69.8. The Labute approximate surface area is 654 Å². The molecule has 3 saturated heterocycles. The number of azide groups is 1. The summed E-state index contributed by atoms with van der Waals surface area (Å²) < 4.78 is 90.8. The number of likely N-dealkylation sites (tertiary alicyclic amines) is 3. The molecule has 0 aliphatic carbocycles. The summed E-state index contributed by atoms with van der Waals surface area (Å²) in [5.74, 6) is -17.1. The van der Waals surface area contributed by atoms with E-state index in [1.807, 2.05) is 116 Å². The predicted octanol–water partition coefficient (Wildman–Crippen LogP) is 14.9. The second kappa shape index (κ2) is 52.9. The van der Waals surface area contributed by atoms with E-state index in [0.29, 0.717) is 51.5 Å². The molecular weight excluding hydrogens is 1480 g/mol. The van der Waals surface area contributed by atoms with Gasteiger partial charge in [0.25, 0.3) is 0 Å². The number of thiazole rings is 2. The number of aliphatic hydroxyl groups excluding tert-OH is 1. The third-order valence-electron chi connectivity index (χ3n) is 19.7. The number of esters is 5. The van der Waals surface area contributed by atoms with Crippen molar-refractivity contribution in [1.29, 1.82) is 0 Å². The van der Waals surface area contributed by atoms with Crippen molar-refractivity contribution < 1.29 is 99.0 Å². The molecule has 5 heterocycles. The van der Waals surface area contributed by atoms with Gasteiger partial charge in [0.05, 0.1) is 30.3 Å². The van der Waals surface area contributed by atoms with Crippen molar-refractivity contribution in [2.24, 2.45) is 34.7 Å². The van der Waals surface area contributed by atoms with Gasteiger partial charge in [0.1, 0.15) is 18.1 Å². The van der Waals surface area contributed by atoms with Gasteiger partial charge in [-0.2, -0.15) is 8.78 Å². The molecule has 3 fully saturated rings. The molecule has 0 bridgehead atoms. The van der Waals surface area contributed by atoms with Crippen molar-refractivity contribution in [3.8, 4) is 5.75 Å². The summed E-state index contributed by atoms with van der Waals surface area (Å²) >= 11 is 2.74. The summed E-state index contributed by atoms with van der Waals surface area (Å²) in [6.45, 7) is 29.7. The number of halogens is 5. The monoisotopic (exact) mass is 1600 g/mol. The van der Waals surface area contributed by atoms with E-state index < -0.39 is 76.7 Å². The molecule has 26 nitrogen and oxygen atoms in total. The van der Waals surface area contributed by atoms with Crippen molar-refractivity contribution >= 4 is 76.1 Å². The number of Topliss-reactive ketones (excluding diaryl/α,β-unsaturated/α-hetero) is 1. The molecule has 3 unspecified atom stereocenters. The molecule has 0 radical (unpaired) electrons. The molecule has 0 saturated carbocycles. The summed E-state index contributed by atoms with van der Waals surface area (Å²) in [6, 6.07) is -2.64. The van der Waals surface area contributed by atoms with E-state index in [1.54, 1.807) is 27.6 Å². The lowest BCUT2D eigenvalue weighted by atomic mass is 9.82. The summed E-state index contributed by atoms with van der Waals surface area (Å²) in [6.07, 6.45) is 12.4. The van der Waals surface area contributed by atoms with Crippen LogP contribution in [0.15, 0.2) is 15.9 Å². The smallest absolute Gasteiger partial charge is 0.357 e. The van der Waals surface area contributed by atoms with Crippen molar-refractivity contribution in [2.75, 3.05) is 75.6 Å². The minimum Gasteiger partial charge on any atom is -0.480 e. The Hall–Kier alpha value is -7.29. The second-order valence-corrected chi connectivity index (χ2v) is 30.0. The van der Waals surface area contributed by atoms with Gasteiger partial charge >= 0.3 is 35.8 Å². The average Bonchev–Trinajstić information content (AvgIpc) is 0.982. The number of amides is 2. The van der Waals surface area contributed by atoms with Crippen LogP contribution < -0.4 is 4.74 Å². The van der Waals surface area contributed by atoms with Gasteiger partial charge in [0.2, 0.25) is 46.6 Å². The highest BCUT2D eigenvalue weighted by atomic mass is 32.1. The summed E-state index contributed by atoms with van der Waals surface area (Å²) in [5, 5.41) is 24.3. The molecule has 2 amide bonds. The van der Waals surface area contributed by atoms with Crippen LogP contribution in [0, 0.1) is 58.7 Å². The van der Waals surface area contributed by atoms with Crippen LogP contribution in [0.2, 0.25) is 0 Å². The Kier molecular flexibility index (Phi) is 48.4. The average molecular weight is 1600 g/mol. The third kappa shape index (κ3) is 31.4. The topological polar surface area (TPSA) is 331 Å². The fraction of sp³-hybridized carbons (Fsp3) is 0.727. The molecule has 6 rings (SSSR count). The fourth-order valence-corrected chi connectivity index (χ4v) is 14.4. The van der Waals surface area contributed by atoms with Crippen LogP contribution in [0.1, 0.15) is 255 Å². The van der Waals surface area contributed by atoms with Crippen LogP contribution in [0.25, 0.3) is 10.4 Å². The number of nitrogens with zero attached hydrogens (tertiary/aromatic N) is 10. The zero-order chi connectivity index (χ0) is 83.8. The number of carboxylic acid groups (broad SMARTS) is 1. The number of carbonyl (C=O) groups excluding carboxylic acids is 8. The van der Waals surface area contributed by atoms with Gasteiger partial charge in [-0.3, -0.25) is 43.5 Å². The first-order valence-electron chi connectivity index (χ1n) is 38.2. The number of benzene rings is 1. The Bertz CT molecular complexity index is 3370. The Morgan fingerprint density at radius 3 is 1.32 bits per heavy atom. The minimum atomic E-state index is -2.29. The molecule has 3 aromatic rings. The molecule has 2 N–H and O–H groups in total. The Morgan fingerprint density at radius 2 is 0.973 bits per heavy atom. The maximum Gasteiger partial charge on any atom is 0.357 e. The van der Waals surface area contributed by atoms with Gasteiger partial charge in [-0.1, -0.05) is 134 Å². The number of aliphatic hydroxyl groups is 1. The van der Waals surface area contributed by atoms with Crippen molar-refractivity contribution in [1.82, 2.24) is 34.5 Å². The van der Waals surface area contributed by atoms with E-state index in [9.17, 15) is 65.1 Å². The van der Waals surface area contributed by atoms with E-state index >= 15 is 0 Å². The summed E-state index contributed by atoms with van der Waals surface area (Å²) in [4.78, 5) is 133. The second-order valence-electron chi connectivity index (χ2n) is 28.3. The maximum atomic E-state index is 14.4. The highest BCUT2D eigenvalue weighted by Crippen LogP contribution is 2.36. The predicted molar refractivity (Wildman–Crippen MR) is 410 cm³/mol. The lowest BCUT2D eigenvalue weighted by Crippen LogP contribution is -2.50. The number of hydrogen-bond acceptors (Lipinski definition) is 23. The van der Waals surface area contributed by atoms with Gasteiger partial charge in [0.15, 0.2) is 30.6 Å². The number of ether oxygens (including phenoxy) is 5. The van der Waals surface area contributed by atoms with Crippen molar-refractivity contribution in [3.63, 3.8) is 0 Å². The first kappa shape index (κ1) is 101. The number of ketones is 1. The number of aliphatic carboxylic acids is 1. The number of hydrogen-bond donors (Lipinski definition) is 2. The van der Waals surface area contributed by atoms with Crippen LogP contribution in [-0.2, 0) is 52.5 Å². The number of rotatable bonds is 33. The number of methoxy groups -OCH3 is 2. The lowest BCUT2D eigenvalue weighted by Gasteiger charge is -2.39. The van der Waals surface area contributed by atoms with Crippen LogP contribution in [0.4, 0.5) is 22.0 Å². The van der Waals surface area contributed by atoms with Crippen LogP contribution in [-0.4, -0.2) is 210 Å². The fourth-order valence-electron chi connectivity index (χ4n) is 12.7. The molecule has 624 valence electrons. The van der Waals surface area contributed by atoms with Crippen molar-refractivity contribution in [2.45, 2.75) is 261 Å². The van der Waals surface area contributed by atoms with Crippen LogP contribution in [0.5, 0.6) is 5.75 Å². The largest absolute Gasteiger partial charge is 0.480 e. The molecule has 3 aliphatic heterocycles. The maximum absolute atomic E-state index is 14.4. The van der Waals surface area contributed by atoms with Crippen molar-refractivity contribution in [3.05, 3.63) is 71.7 Å². The van der Waals surface area contributed by atoms with E-state index in [0.717, 1.165) is 81.6 Å². The van der Waals surface area contributed by atoms with Gasteiger partial charge in [0, 0.05) is 71.9 Å². The van der Waals surface area contributed by atoms with E-state index in [2.05, 4.69) is 29.6 Å². The molecular formula is C77H123F5N10O16S2. The van der Waals surface area contributed by atoms with Crippen LogP contribution >= 0.6 is 22.7 Å². The highest BCUT2D eigenvalue weighted by Gasteiger charge is 2.41. The van der Waals surface area contributed by atoms with Gasteiger partial charge < -0.3 is 43.7 Å². The quantitative estimate of drug-likeness (QED) is 0.00546. The normalized spacial score (nSPS) is 17.9. The van der Waals surface area contributed by atoms with Gasteiger partial charge in [-0.15, -0.1) is 22.7 Å². The van der Waals surface area contributed by atoms with Crippen LogP contribution in [0.3, 0.4) is 0 Å². The molecule has 33 heteroatoms. The third-order valence-corrected chi connectivity index (χ3v) is 21.9. The van der Waals surface area contributed by atoms with Gasteiger partial charge in [-0.25, -0.2) is 37.5 Å². The Morgan fingerprint density at radius 1 is 0.591 bits per heavy atom. The van der Waals surface area contributed by atoms with E-state index in [-0.39, 0.29) is 133 Å². The first-order chi connectivity index (χ1) is 52.1. The molecule has 0 spiro atoms. The SMILES string of the molecule is CC.CCCC(=O)OCN(C(=O)[C@H](CC(=O)C1CCCCN1C)[C@@H](C)CC)[C@H](C[C@@H](C)c1nc(C(=O)OC)cs1)C(C)C.CCCC(=O)OCN(C(=O)[C@H](N=[N+]=[N-])[C@@H](C)CC)[C@H](C[C@@H](C)c1nc(C(=O)OC)cs1)C(C)C.CN1CCCCC1C(=O)O.CN1CCCCC1C(=O)Oc1c(F)c(F)c(F)c(F)c1F.CO. The standard InChI is InChI=1S/C31H51N3O6S.C23H37N5O5S.C13H12F5NO2.C7H13NO2.C2H6.CH4O/c1-9-13-28(36)40-19-34(26(20(3)4)16-22(6)29-32-24(18-41-29)31(38)39-8)30(37)23(21(5)10-2)17-27(35)25-14-11-12-15-33(25)7;1-8-10-19(29)33-13-28(22(30)20(26-27-24)15(5)9-2)18(14(3)4)11-16(6)21-25-17(12-34-21)23(31)32-7;1-19-5-3-2-4-6(19)13(20)21-12-10(17)8(15)7(14)9(16)11(12)18;1-8-5-3-2-4-6(8)7(9)10;2*1-2/h18,20-23,25-26H,9-17,19H2,1-8H3;12,14-16,18,20H,8-11,13H2,1-7H3;6H,2-5H2,1H3;6H,2-5H2,1H3,(H,9,10);1-2H3;2H,1H3/t21-,22+,23+,25?,26+;15-,16+,18+,20+;;;;/m00..../s1. The minimum absolute atomic E-state index is 0.0130. The number of aromatic nitrogens is 2. The lowest BCUT2D eigenvalue weighted by molar-refractivity contribution is -0.161. The zero-order valence-electron chi connectivity index (χ0n) is 68.2.